The lowest BCUT2D eigenvalue weighted by molar-refractivity contribution is -0.132. The Kier molecular flexibility index (Phi) is 3.78. The molecule has 0 saturated carbocycles. The summed E-state index contributed by atoms with van der Waals surface area (Å²) < 4.78 is 0. The number of amides is 4. The summed E-state index contributed by atoms with van der Waals surface area (Å²) in [6.07, 6.45) is 0. The predicted octanol–water partition coefficient (Wildman–Crippen LogP) is 1.19. The van der Waals surface area contributed by atoms with Gasteiger partial charge in [-0.1, -0.05) is 11.6 Å². The van der Waals surface area contributed by atoms with Gasteiger partial charge in [0, 0.05) is 5.69 Å². The third-order valence-corrected chi connectivity index (χ3v) is 3.37. The molecule has 0 aliphatic carbocycles. The Hall–Kier alpha value is -2.28. The van der Waals surface area contributed by atoms with Crippen molar-refractivity contribution >= 4 is 40.8 Å². The zero-order valence-electron chi connectivity index (χ0n) is 11.6. The van der Waals surface area contributed by atoms with Crippen molar-refractivity contribution in [2.75, 3.05) is 17.6 Å². The first-order chi connectivity index (χ1) is 9.70. The first kappa shape index (κ1) is 15.1. The van der Waals surface area contributed by atoms with Crippen LogP contribution in [0.4, 0.5) is 16.2 Å². The third kappa shape index (κ3) is 3.08. The van der Waals surface area contributed by atoms with Crippen molar-refractivity contribution in [3.63, 3.8) is 0 Å². The van der Waals surface area contributed by atoms with E-state index in [0.717, 1.165) is 4.90 Å². The van der Waals surface area contributed by atoms with Crippen LogP contribution >= 0.6 is 11.6 Å². The van der Waals surface area contributed by atoms with Gasteiger partial charge in [0.05, 0.1) is 10.7 Å². The molecule has 0 radical (unpaired) electrons. The van der Waals surface area contributed by atoms with Crippen molar-refractivity contribution in [2.24, 2.45) is 0 Å². The number of nitrogens with one attached hydrogen (secondary N) is 2. The van der Waals surface area contributed by atoms with Crippen molar-refractivity contribution in [2.45, 2.75) is 19.4 Å². The van der Waals surface area contributed by atoms with Gasteiger partial charge in [0.1, 0.15) is 12.1 Å². The van der Waals surface area contributed by atoms with E-state index in [2.05, 4.69) is 10.6 Å². The normalized spacial score (nSPS) is 16.8. The number of nitrogens with zero attached hydrogens (tertiary/aromatic N) is 1. The monoisotopic (exact) mass is 310 g/mol. The highest BCUT2D eigenvalue weighted by molar-refractivity contribution is 6.33. The van der Waals surface area contributed by atoms with E-state index in [-0.39, 0.29) is 6.54 Å². The Balaban J connectivity index is 2.04. The van der Waals surface area contributed by atoms with E-state index in [1.807, 2.05) is 0 Å². The molecule has 0 bridgehead atoms. The highest BCUT2D eigenvalue weighted by Gasteiger charge is 2.44. The van der Waals surface area contributed by atoms with Crippen LogP contribution < -0.4 is 16.4 Å². The maximum Gasteiger partial charge on any atom is 0.325 e. The van der Waals surface area contributed by atoms with Gasteiger partial charge in [-0.2, -0.15) is 0 Å². The van der Waals surface area contributed by atoms with E-state index < -0.39 is 23.4 Å². The molecule has 1 heterocycles. The summed E-state index contributed by atoms with van der Waals surface area (Å²) in [5.74, 6) is -0.948. The molecule has 1 saturated heterocycles. The lowest BCUT2D eigenvalue weighted by Crippen LogP contribution is -2.41. The van der Waals surface area contributed by atoms with E-state index in [1.165, 1.54) is 6.07 Å². The van der Waals surface area contributed by atoms with Crippen molar-refractivity contribution in [1.29, 1.82) is 0 Å². The number of anilines is 2. The quantitative estimate of drug-likeness (QED) is 0.576. The average molecular weight is 311 g/mol. The number of rotatable bonds is 3. The number of hydrogen-bond donors (Lipinski definition) is 3. The minimum Gasteiger partial charge on any atom is -0.397 e. The van der Waals surface area contributed by atoms with Crippen LogP contribution in [0, 0.1) is 0 Å². The van der Waals surface area contributed by atoms with Gasteiger partial charge in [-0.25, -0.2) is 4.79 Å². The van der Waals surface area contributed by atoms with Gasteiger partial charge in [0.2, 0.25) is 5.91 Å². The maximum atomic E-state index is 11.9. The summed E-state index contributed by atoms with van der Waals surface area (Å²) in [5, 5.41) is 5.43. The minimum atomic E-state index is -0.998. The molecular weight excluding hydrogens is 296 g/mol. The summed E-state index contributed by atoms with van der Waals surface area (Å²) >= 11 is 5.78. The molecule has 1 fully saturated rings. The Bertz CT molecular complexity index is 630. The van der Waals surface area contributed by atoms with Crippen LogP contribution in [0.15, 0.2) is 18.2 Å². The summed E-state index contributed by atoms with van der Waals surface area (Å²) in [5.41, 5.74) is 5.39. The van der Waals surface area contributed by atoms with E-state index in [1.54, 1.807) is 26.0 Å². The zero-order valence-corrected chi connectivity index (χ0v) is 12.3. The zero-order chi connectivity index (χ0) is 15.8. The molecule has 8 heteroatoms. The predicted molar refractivity (Wildman–Crippen MR) is 78.8 cm³/mol. The lowest BCUT2D eigenvalue weighted by Gasteiger charge is -2.15. The van der Waals surface area contributed by atoms with Gasteiger partial charge < -0.3 is 16.4 Å². The van der Waals surface area contributed by atoms with Crippen molar-refractivity contribution in [1.82, 2.24) is 10.2 Å². The second-order valence-electron chi connectivity index (χ2n) is 5.23. The summed E-state index contributed by atoms with van der Waals surface area (Å²) in [4.78, 5) is 36.4. The third-order valence-electron chi connectivity index (χ3n) is 3.03. The molecule has 4 N–H and O–H groups in total. The fraction of sp³-hybridized carbons (Fsp3) is 0.308. The number of carbonyl (C=O) groups excluding carboxylic acids is 3. The highest BCUT2D eigenvalue weighted by Crippen LogP contribution is 2.22. The molecule has 7 nitrogen and oxygen atoms in total. The number of urea groups is 1. The van der Waals surface area contributed by atoms with Gasteiger partial charge in [-0.15, -0.1) is 0 Å². The summed E-state index contributed by atoms with van der Waals surface area (Å²) in [6, 6.07) is 4.03. The Morgan fingerprint density at radius 2 is 2.10 bits per heavy atom. The first-order valence-electron chi connectivity index (χ1n) is 6.20. The van der Waals surface area contributed by atoms with Gasteiger partial charge in [0.15, 0.2) is 0 Å². The number of imide groups is 1. The van der Waals surface area contributed by atoms with E-state index in [4.69, 9.17) is 17.3 Å². The van der Waals surface area contributed by atoms with E-state index in [0.29, 0.717) is 16.4 Å². The topological polar surface area (TPSA) is 105 Å². The molecule has 0 aromatic heterocycles. The standard InChI is InChI=1S/C13H15ClN4O3/c1-13(2)11(20)18(12(21)17-13)6-10(19)16-7-3-4-8(14)9(15)5-7/h3-5H,6,15H2,1-2H3,(H,16,19)(H,17,21). The van der Waals surface area contributed by atoms with E-state index >= 15 is 0 Å². The smallest absolute Gasteiger partial charge is 0.325 e. The highest BCUT2D eigenvalue weighted by atomic mass is 35.5. The van der Waals surface area contributed by atoms with Crippen LogP contribution in [0.3, 0.4) is 0 Å². The number of benzene rings is 1. The molecule has 1 aromatic rings. The summed E-state index contributed by atoms with van der Waals surface area (Å²) in [7, 11) is 0. The fourth-order valence-corrected chi connectivity index (χ4v) is 2.04. The molecule has 2 rings (SSSR count). The lowest BCUT2D eigenvalue weighted by atomic mass is 10.1. The number of nitrogens with two attached hydrogens (primary N) is 1. The van der Waals surface area contributed by atoms with Gasteiger partial charge in [0.25, 0.3) is 5.91 Å². The van der Waals surface area contributed by atoms with Crippen LogP contribution in [0.1, 0.15) is 13.8 Å². The van der Waals surface area contributed by atoms with Crippen molar-refractivity contribution in [3.05, 3.63) is 23.2 Å². The average Bonchev–Trinajstić information content (AvgIpc) is 2.56. The van der Waals surface area contributed by atoms with Crippen LogP contribution in [-0.4, -0.2) is 34.8 Å². The van der Waals surface area contributed by atoms with Crippen molar-refractivity contribution < 1.29 is 14.4 Å². The van der Waals surface area contributed by atoms with Crippen LogP contribution in [0.2, 0.25) is 5.02 Å². The molecule has 1 aliphatic heterocycles. The second kappa shape index (κ2) is 5.25. The molecular formula is C13H15ClN4O3. The molecule has 0 atom stereocenters. The number of carbonyl (C=O) groups is 3. The van der Waals surface area contributed by atoms with Crippen molar-refractivity contribution in [3.8, 4) is 0 Å². The van der Waals surface area contributed by atoms with E-state index in [9.17, 15) is 14.4 Å². The SMILES string of the molecule is CC1(C)NC(=O)N(CC(=O)Nc2ccc(Cl)c(N)c2)C1=O. The van der Waals surface area contributed by atoms with Crippen LogP contribution in [-0.2, 0) is 9.59 Å². The molecule has 1 aliphatic rings. The Labute approximate surface area is 126 Å². The Morgan fingerprint density at radius 1 is 1.43 bits per heavy atom. The van der Waals surface area contributed by atoms with Crippen LogP contribution in [0.25, 0.3) is 0 Å². The molecule has 21 heavy (non-hydrogen) atoms. The number of hydrogen-bond acceptors (Lipinski definition) is 4. The molecule has 0 spiro atoms. The van der Waals surface area contributed by atoms with Gasteiger partial charge in [-0.3, -0.25) is 14.5 Å². The number of halogens is 1. The number of nitrogen functional groups attached to an aromatic ring is 1. The summed E-state index contributed by atoms with van der Waals surface area (Å²) in [6.45, 7) is 2.78. The van der Waals surface area contributed by atoms with Gasteiger partial charge >= 0.3 is 6.03 Å². The molecule has 112 valence electrons. The largest absolute Gasteiger partial charge is 0.397 e. The molecule has 0 unspecified atom stereocenters. The molecule has 1 aromatic carbocycles. The minimum absolute atomic E-state index is 0.325. The second-order valence-corrected chi connectivity index (χ2v) is 5.64. The fourth-order valence-electron chi connectivity index (χ4n) is 1.93. The maximum absolute atomic E-state index is 11.9. The first-order valence-corrected chi connectivity index (χ1v) is 6.57. The van der Waals surface area contributed by atoms with Gasteiger partial charge in [-0.05, 0) is 32.0 Å². The Morgan fingerprint density at radius 3 is 2.62 bits per heavy atom. The van der Waals surface area contributed by atoms with Crippen LogP contribution in [0.5, 0.6) is 0 Å². The molecule has 4 amide bonds.